The monoisotopic (exact) mass is 225 g/mol. The zero-order valence-corrected chi connectivity index (χ0v) is 8.65. The third-order valence-electron chi connectivity index (χ3n) is 1.67. The summed E-state index contributed by atoms with van der Waals surface area (Å²) in [5, 5.41) is 8.98. The lowest BCUT2D eigenvalue weighted by Crippen LogP contribution is -2.08. The number of carbonyl (C=O) groups excluding carboxylic acids is 1. The van der Waals surface area contributed by atoms with Crippen molar-refractivity contribution in [3.8, 4) is 0 Å². The van der Waals surface area contributed by atoms with Crippen molar-refractivity contribution in [2.45, 2.75) is 6.92 Å². The van der Waals surface area contributed by atoms with Crippen LogP contribution in [0.1, 0.15) is 12.5 Å². The van der Waals surface area contributed by atoms with Gasteiger partial charge in [-0.25, -0.2) is 9.78 Å². The number of carboxylic acids is 1. The van der Waals surface area contributed by atoms with E-state index in [0.29, 0.717) is 5.56 Å². The molecule has 1 N–H and O–H groups in total. The van der Waals surface area contributed by atoms with Crippen LogP contribution in [0, 0.1) is 0 Å². The number of carbonyl (C=O) groups is 2. The molecule has 0 saturated carbocycles. The second-order valence-electron chi connectivity index (χ2n) is 2.83. The average molecular weight is 226 g/mol. The molecule has 0 radical (unpaired) electrons. The number of pyridine rings is 1. The van der Waals surface area contributed by atoms with Gasteiger partial charge >= 0.3 is 5.97 Å². The first-order valence-corrected chi connectivity index (χ1v) is 4.46. The van der Waals surface area contributed by atoms with Crippen LogP contribution in [0.2, 0.25) is 5.15 Å². The first-order valence-electron chi connectivity index (χ1n) is 4.08. The highest BCUT2D eigenvalue weighted by Gasteiger charge is 2.12. The minimum atomic E-state index is -1.25. The third-order valence-corrected chi connectivity index (χ3v) is 1.88. The van der Waals surface area contributed by atoms with E-state index in [9.17, 15) is 9.59 Å². The maximum atomic E-state index is 11.0. The lowest BCUT2D eigenvalue weighted by Gasteiger charge is -1.97. The number of ketones is 1. The number of hydrogen-bond donors (Lipinski definition) is 1. The Morgan fingerprint density at radius 3 is 2.67 bits per heavy atom. The summed E-state index contributed by atoms with van der Waals surface area (Å²) in [4.78, 5) is 25.4. The van der Waals surface area contributed by atoms with Crippen molar-refractivity contribution in [3.63, 3.8) is 0 Å². The molecule has 15 heavy (non-hydrogen) atoms. The first-order chi connectivity index (χ1) is 7.00. The van der Waals surface area contributed by atoms with Crippen LogP contribution in [0.4, 0.5) is 0 Å². The molecule has 0 fully saturated rings. The van der Waals surface area contributed by atoms with Gasteiger partial charge in [-0.3, -0.25) is 4.79 Å². The predicted octanol–water partition coefficient (Wildman–Crippen LogP) is 1.79. The van der Waals surface area contributed by atoms with Gasteiger partial charge in [-0.15, -0.1) is 0 Å². The van der Waals surface area contributed by atoms with E-state index in [2.05, 4.69) is 4.98 Å². The quantitative estimate of drug-likeness (QED) is 0.369. The number of aromatic nitrogens is 1. The van der Waals surface area contributed by atoms with Crippen molar-refractivity contribution < 1.29 is 14.7 Å². The van der Waals surface area contributed by atoms with Crippen molar-refractivity contribution in [1.29, 1.82) is 0 Å². The lowest BCUT2D eigenvalue weighted by atomic mass is 10.1. The highest BCUT2D eigenvalue weighted by Crippen LogP contribution is 2.11. The van der Waals surface area contributed by atoms with Crippen LogP contribution in [0.15, 0.2) is 23.9 Å². The van der Waals surface area contributed by atoms with Gasteiger partial charge < -0.3 is 5.11 Å². The Bertz CT molecular complexity index is 424. The van der Waals surface area contributed by atoms with Gasteiger partial charge in [-0.1, -0.05) is 11.6 Å². The van der Waals surface area contributed by atoms with Crippen molar-refractivity contribution in [2.24, 2.45) is 0 Å². The van der Waals surface area contributed by atoms with E-state index < -0.39 is 11.8 Å². The van der Waals surface area contributed by atoms with Crippen LogP contribution < -0.4 is 0 Å². The van der Waals surface area contributed by atoms with Crippen LogP contribution in [0.5, 0.6) is 0 Å². The molecule has 0 amide bonds. The number of rotatable bonds is 3. The Morgan fingerprint density at radius 2 is 2.20 bits per heavy atom. The number of Topliss-reactive ketones (excluding diaryl/α,β-unsaturated/α-hetero) is 1. The second-order valence-corrected chi connectivity index (χ2v) is 3.22. The molecule has 5 heteroatoms. The van der Waals surface area contributed by atoms with E-state index in [1.165, 1.54) is 25.3 Å². The van der Waals surface area contributed by atoms with Gasteiger partial charge in [-0.2, -0.15) is 0 Å². The summed E-state index contributed by atoms with van der Waals surface area (Å²) in [5.41, 5.74) is 0.250. The van der Waals surface area contributed by atoms with Crippen molar-refractivity contribution in [2.75, 3.05) is 0 Å². The normalized spacial score (nSPS) is 11.2. The van der Waals surface area contributed by atoms with Crippen LogP contribution >= 0.6 is 11.6 Å². The minimum Gasteiger partial charge on any atom is -0.478 e. The molecule has 0 aliphatic rings. The average Bonchev–Trinajstić information content (AvgIpc) is 2.13. The molecule has 0 aromatic carbocycles. The molecular weight excluding hydrogens is 218 g/mol. The molecular formula is C10H8ClNO3. The Labute approximate surface area is 91.2 Å². The summed E-state index contributed by atoms with van der Waals surface area (Å²) in [7, 11) is 0. The Kier molecular flexibility index (Phi) is 3.57. The van der Waals surface area contributed by atoms with E-state index in [1.807, 2.05) is 0 Å². The van der Waals surface area contributed by atoms with Crippen LogP contribution in [-0.4, -0.2) is 21.8 Å². The number of halogens is 1. The van der Waals surface area contributed by atoms with Crippen LogP contribution in [0.25, 0.3) is 6.08 Å². The zero-order chi connectivity index (χ0) is 11.4. The molecule has 1 aromatic heterocycles. The van der Waals surface area contributed by atoms with E-state index in [1.54, 1.807) is 6.07 Å². The maximum Gasteiger partial charge on any atom is 0.339 e. The first kappa shape index (κ1) is 11.4. The van der Waals surface area contributed by atoms with E-state index in [-0.39, 0.29) is 10.7 Å². The fourth-order valence-corrected chi connectivity index (χ4v) is 1.17. The number of hydrogen-bond acceptors (Lipinski definition) is 3. The van der Waals surface area contributed by atoms with Gasteiger partial charge in [0.15, 0.2) is 5.78 Å². The number of carboxylic acid groups (broad SMARTS) is 1. The Hall–Kier alpha value is -1.68. The molecule has 0 aliphatic heterocycles. The molecule has 1 heterocycles. The van der Waals surface area contributed by atoms with Gasteiger partial charge in [0.05, 0.1) is 0 Å². The SMILES string of the molecule is CC(=O)/C(=C/c1ccnc(Cl)c1)C(=O)O. The van der Waals surface area contributed by atoms with Crippen LogP contribution in [-0.2, 0) is 9.59 Å². The minimum absolute atomic E-state index is 0.247. The van der Waals surface area contributed by atoms with Crippen molar-refractivity contribution in [1.82, 2.24) is 4.98 Å². The third kappa shape index (κ3) is 3.18. The summed E-state index contributed by atoms with van der Waals surface area (Å²) in [5.74, 6) is -1.76. The van der Waals surface area contributed by atoms with Gasteiger partial charge in [-0.05, 0) is 30.7 Å². The summed E-state index contributed by atoms with van der Waals surface area (Å²) >= 11 is 5.61. The lowest BCUT2D eigenvalue weighted by molar-refractivity contribution is -0.134. The Morgan fingerprint density at radius 1 is 1.53 bits per heavy atom. The number of nitrogens with zero attached hydrogens (tertiary/aromatic N) is 1. The highest BCUT2D eigenvalue weighted by atomic mass is 35.5. The standard InChI is InChI=1S/C10H8ClNO3/c1-6(13)8(10(14)15)4-7-2-3-12-9(11)5-7/h2-5H,1H3,(H,14,15)/b8-4-. The van der Waals surface area contributed by atoms with Crippen LogP contribution in [0.3, 0.4) is 0 Å². The molecule has 78 valence electrons. The molecule has 1 aromatic rings. The molecule has 0 aliphatic carbocycles. The van der Waals surface area contributed by atoms with Gasteiger partial charge in [0, 0.05) is 6.20 Å². The molecule has 0 bridgehead atoms. The smallest absolute Gasteiger partial charge is 0.339 e. The van der Waals surface area contributed by atoms with Gasteiger partial charge in [0.25, 0.3) is 0 Å². The van der Waals surface area contributed by atoms with E-state index in [4.69, 9.17) is 16.7 Å². The predicted molar refractivity (Wildman–Crippen MR) is 55.5 cm³/mol. The molecule has 0 saturated heterocycles. The fourth-order valence-electron chi connectivity index (χ4n) is 0.988. The molecule has 0 unspecified atom stereocenters. The molecule has 4 nitrogen and oxygen atoms in total. The summed E-state index contributed by atoms with van der Waals surface area (Å²) in [6.45, 7) is 1.20. The van der Waals surface area contributed by atoms with Crippen molar-refractivity contribution >= 4 is 29.4 Å². The van der Waals surface area contributed by atoms with Gasteiger partial charge in [0.2, 0.25) is 0 Å². The summed E-state index contributed by atoms with van der Waals surface area (Å²) < 4.78 is 0. The maximum absolute atomic E-state index is 11.0. The Balaban J connectivity index is 3.13. The zero-order valence-electron chi connectivity index (χ0n) is 7.90. The topological polar surface area (TPSA) is 67.3 Å². The highest BCUT2D eigenvalue weighted by molar-refractivity contribution is 6.29. The van der Waals surface area contributed by atoms with E-state index >= 15 is 0 Å². The number of aliphatic carboxylic acids is 1. The largest absolute Gasteiger partial charge is 0.478 e. The summed E-state index contributed by atoms with van der Waals surface area (Å²) in [6, 6.07) is 3.05. The molecule has 0 spiro atoms. The van der Waals surface area contributed by atoms with E-state index in [0.717, 1.165) is 0 Å². The molecule has 1 rings (SSSR count). The molecule has 0 atom stereocenters. The van der Waals surface area contributed by atoms with Crippen molar-refractivity contribution in [3.05, 3.63) is 34.6 Å². The van der Waals surface area contributed by atoms with Gasteiger partial charge in [0.1, 0.15) is 10.7 Å². The summed E-state index contributed by atoms with van der Waals surface area (Å²) in [6.07, 6.45) is 2.70. The fraction of sp³-hybridized carbons (Fsp3) is 0.100. The second kappa shape index (κ2) is 4.70.